The molecule has 0 spiro atoms. The Bertz CT molecular complexity index is 918. The van der Waals surface area contributed by atoms with Crippen LogP contribution in [0.5, 0.6) is 5.75 Å². The van der Waals surface area contributed by atoms with Crippen LogP contribution in [-0.2, 0) is 15.8 Å². The number of ether oxygens (including phenoxy) is 1. The van der Waals surface area contributed by atoms with E-state index in [1.807, 2.05) is 0 Å². The molecule has 5 nitrogen and oxygen atoms in total. The normalized spacial score (nSPS) is 18.9. The van der Waals surface area contributed by atoms with Crippen molar-refractivity contribution in [1.29, 1.82) is 0 Å². The molecule has 164 valence electrons. The largest absolute Gasteiger partial charge is 0.483 e. The lowest BCUT2D eigenvalue weighted by Gasteiger charge is -2.39. The van der Waals surface area contributed by atoms with Crippen molar-refractivity contribution in [1.82, 2.24) is 10.2 Å². The number of alkyl halides is 6. The molecule has 0 bridgehead atoms. The highest BCUT2D eigenvalue weighted by atomic mass is 19.4. The van der Waals surface area contributed by atoms with Crippen LogP contribution in [0.25, 0.3) is 5.70 Å². The first-order chi connectivity index (χ1) is 13.7. The van der Waals surface area contributed by atoms with E-state index in [9.17, 15) is 35.9 Å². The summed E-state index contributed by atoms with van der Waals surface area (Å²) in [5.41, 5.74) is -2.23. The molecule has 1 N–H and O–H groups in total. The van der Waals surface area contributed by atoms with E-state index in [1.54, 1.807) is 5.32 Å². The molecule has 0 saturated carbocycles. The number of rotatable bonds is 3. The molecule has 30 heavy (non-hydrogen) atoms. The average Bonchev–Trinajstić information content (AvgIpc) is 3.02. The molecule has 11 heteroatoms. The van der Waals surface area contributed by atoms with Crippen molar-refractivity contribution in [2.45, 2.75) is 44.6 Å². The second-order valence-corrected chi connectivity index (χ2v) is 7.48. The summed E-state index contributed by atoms with van der Waals surface area (Å²) in [5.74, 6) is -2.51. The second kappa shape index (κ2) is 7.21. The first kappa shape index (κ1) is 22.0. The predicted octanol–water partition coefficient (Wildman–Crippen LogP) is 3.89. The summed E-state index contributed by atoms with van der Waals surface area (Å²) >= 11 is 0. The van der Waals surface area contributed by atoms with Gasteiger partial charge in [0.2, 0.25) is 5.91 Å². The third kappa shape index (κ3) is 4.10. The van der Waals surface area contributed by atoms with E-state index >= 15 is 0 Å². The molecule has 0 aliphatic carbocycles. The Morgan fingerprint density at radius 3 is 2.40 bits per heavy atom. The van der Waals surface area contributed by atoms with Crippen LogP contribution in [0, 0.1) is 0 Å². The van der Waals surface area contributed by atoms with Crippen molar-refractivity contribution in [3.05, 3.63) is 34.9 Å². The molecule has 2 heterocycles. The van der Waals surface area contributed by atoms with Crippen LogP contribution in [0.3, 0.4) is 0 Å². The topological polar surface area (TPSA) is 58.6 Å². The van der Waals surface area contributed by atoms with Crippen LogP contribution in [0.4, 0.5) is 26.3 Å². The number of amides is 2. The Labute approximate surface area is 167 Å². The maximum Gasteiger partial charge on any atom is 0.471 e. The van der Waals surface area contributed by atoms with Crippen LogP contribution < -0.4 is 10.1 Å². The Hall–Kier alpha value is -2.72. The van der Waals surface area contributed by atoms with Gasteiger partial charge < -0.3 is 15.0 Å². The van der Waals surface area contributed by atoms with Gasteiger partial charge in [0.25, 0.3) is 0 Å². The van der Waals surface area contributed by atoms with Crippen LogP contribution in [0.2, 0.25) is 0 Å². The van der Waals surface area contributed by atoms with E-state index in [2.05, 4.69) is 0 Å². The second-order valence-electron chi connectivity index (χ2n) is 7.48. The van der Waals surface area contributed by atoms with Gasteiger partial charge in [0.15, 0.2) is 0 Å². The molecule has 0 aromatic heterocycles. The Morgan fingerprint density at radius 2 is 1.87 bits per heavy atom. The van der Waals surface area contributed by atoms with Gasteiger partial charge >= 0.3 is 18.3 Å². The minimum Gasteiger partial charge on any atom is -0.483 e. The number of hydrogen-bond donors (Lipinski definition) is 1. The molecular weight excluding hydrogens is 418 g/mol. The summed E-state index contributed by atoms with van der Waals surface area (Å²) < 4.78 is 83.4. The number of fused-ring (bicyclic) bond motifs is 1. The average molecular weight is 436 g/mol. The summed E-state index contributed by atoms with van der Waals surface area (Å²) in [6.45, 7) is 2.54. The minimum atomic E-state index is -5.13. The minimum absolute atomic E-state index is 0.0392. The molecular formula is C19H18F6N2O3. The highest BCUT2D eigenvalue weighted by Gasteiger charge is 2.43. The van der Waals surface area contributed by atoms with Crippen molar-refractivity contribution < 1.29 is 40.7 Å². The van der Waals surface area contributed by atoms with Crippen molar-refractivity contribution in [3.63, 3.8) is 0 Å². The molecule has 0 atom stereocenters. The lowest BCUT2D eigenvalue weighted by Crippen LogP contribution is -2.45. The first-order valence-electron chi connectivity index (χ1n) is 9.01. The number of hydrogen-bond acceptors (Lipinski definition) is 3. The van der Waals surface area contributed by atoms with Crippen LogP contribution in [0.1, 0.15) is 37.8 Å². The van der Waals surface area contributed by atoms with Gasteiger partial charge in [-0.15, -0.1) is 0 Å². The molecule has 1 aromatic carbocycles. The van der Waals surface area contributed by atoms with E-state index in [0.29, 0.717) is 6.42 Å². The zero-order valence-electron chi connectivity index (χ0n) is 16.0. The van der Waals surface area contributed by atoms with Crippen LogP contribution >= 0.6 is 0 Å². The van der Waals surface area contributed by atoms with Crippen molar-refractivity contribution in [2.24, 2.45) is 0 Å². The van der Waals surface area contributed by atoms with Gasteiger partial charge in [0.1, 0.15) is 11.4 Å². The van der Waals surface area contributed by atoms with E-state index in [1.165, 1.54) is 18.7 Å². The van der Waals surface area contributed by atoms with Crippen molar-refractivity contribution >= 4 is 17.5 Å². The fourth-order valence-electron chi connectivity index (χ4n) is 3.52. The number of nitrogens with one attached hydrogen (secondary N) is 1. The van der Waals surface area contributed by atoms with Gasteiger partial charge in [-0.25, -0.2) is 0 Å². The summed E-state index contributed by atoms with van der Waals surface area (Å²) in [7, 11) is 0. The highest BCUT2D eigenvalue weighted by Crippen LogP contribution is 2.45. The van der Waals surface area contributed by atoms with Crippen LogP contribution in [-0.4, -0.2) is 41.6 Å². The highest BCUT2D eigenvalue weighted by molar-refractivity contribution is 5.92. The summed E-state index contributed by atoms with van der Waals surface area (Å²) in [4.78, 5) is 24.9. The maximum absolute atomic E-state index is 13.3. The smallest absolute Gasteiger partial charge is 0.471 e. The summed E-state index contributed by atoms with van der Waals surface area (Å²) in [6.07, 6.45) is -9.21. The monoisotopic (exact) mass is 436 g/mol. The molecule has 2 aliphatic heterocycles. The Morgan fingerprint density at radius 1 is 1.20 bits per heavy atom. The number of halogens is 6. The lowest BCUT2D eigenvalue weighted by molar-refractivity contribution is -0.173. The molecule has 0 unspecified atom stereocenters. The van der Waals surface area contributed by atoms with E-state index in [0.717, 1.165) is 18.2 Å². The number of carbonyl (C=O) groups excluding carboxylic acids is 2. The number of nitrogens with zero attached hydrogens (tertiary/aromatic N) is 1. The zero-order valence-corrected chi connectivity index (χ0v) is 16.0. The standard InChI is InChI=1S/C19H18F6N2O3/c1-17(2)12(9-26-16(29)19(23,24)25)15(27-7-3-4-14(27)28)11-8-10(18(20,21)22)5-6-13(11)30-17/h5-6,8H,3-4,7,9H2,1-2H3,(H,26,29). The quantitative estimate of drug-likeness (QED) is 0.732. The first-order valence-corrected chi connectivity index (χ1v) is 9.01. The molecule has 1 saturated heterocycles. The van der Waals surface area contributed by atoms with Gasteiger partial charge in [-0.2, -0.15) is 26.3 Å². The number of benzene rings is 1. The Kier molecular flexibility index (Phi) is 5.28. The maximum atomic E-state index is 13.3. The third-order valence-corrected chi connectivity index (χ3v) is 4.97. The zero-order chi connectivity index (χ0) is 22.5. The molecule has 3 rings (SSSR count). The van der Waals surface area contributed by atoms with E-state index < -0.39 is 36.0 Å². The molecule has 1 aromatic rings. The van der Waals surface area contributed by atoms with Gasteiger partial charge in [0, 0.05) is 30.6 Å². The Balaban J connectivity index is 2.16. The summed E-state index contributed by atoms with van der Waals surface area (Å²) in [5, 5.41) is 1.73. The summed E-state index contributed by atoms with van der Waals surface area (Å²) in [6, 6.07) is 2.75. The van der Waals surface area contributed by atoms with Gasteiger partial charge in [-0.05, 0) is 38.5 Å². The van der Waals surface area contributed by atoms with Crippen molar-refractivity contribution in [2.75, 3.05) is 13.1 Å². The lowest BCUT2D eigenvalue weighted by atomic mass is 9.88. The molecule has 1 fully saturated rings. The van der Waals surface area contributed by atoms with Gasteiger partial charge in [0.05, 0.1) is 11.3 Å². The van der Waals surface area contributed by atoms with Crippen LogP contribution in [0.15, 0.2) is 23.8 Å². The van der Waals surface area contributed by atoms with Crippen molar-refractivity contribution in [3.8, 4) is 5.75 Å². The number of carbonyl (C=O) groups is 2. The fraction of sp³-hybridized carbons (Fsp3) is 0.474. The number of likely N-dealkylation sites (tertiary alicyclic amines) is 1. The third-order valence-electron chi connectivity index (χ3n) is 4.97. The molecule has 2 aliphatic rings. The molecule has 2 amide bonds. The van der Waals surface area contributed by atoms with Gasteiger partial charge in [-0.3, -0.25) is 9.59 Å². The van der Waals surface area contributed by atoms with Gasteiger partial charge in [-0.1, -0.05) is 0 Å². The van der Waals surface area contributed by atoms with E-state index in [4.69, 9.17) is 4.74 Å². The fourth-order valence-corrected chi connectivity index (χ4v) is 3.52. The van der Waals surface area contributed by atoms with E-state index in [-0.39, 0.29) is 41.5 Å². The molecule has 0 radical (unpaired) electrons. The predicted molar refractivity (Wildman–Crippen MR) is 93.1 cm³/mol. The SMILES string of the molecule is CC1(C)Oc2ccc(C(F)(F)F)cc2C(N2CCCC2=O)=C1CNC(=O)C(F)(F)F.